The Balaban J connectivity index is 1.85. The van der Waals surface area contributed by atoms with Crippen LogP contribution in [-0.2, 0) is 6.42 Å². The van der Waals surface area contributed by atoms with Gasteiger partial charge >= 0.3 is 0 Å². The molecule has 1 unspecified atom stereocenters. The Kier molecular flexibility index (Phi) is 4.38. The molecule has 104 valence electrons. The predicted molar refractivity (Wildman–Crippen MR) is 91.2 cm³/mol. The fourth-order valence-electron chi connectivity index (χ4n) is 2.24. The SMILES string of the molecule is CCNC(Cc1nc2ccccc2o1)c1csc(I)c1. The van der Waals surface area contributed by atoms with Crippen LogP contribution in [0.4, 0.5) is 0 Å². The van der Waals surface area contributed by atoms with Crippen LogP contribution in [0.3, 0.4) is 0 Å². The van der Waals surface area contributed by atoms with Gasteiger partial charge in [0.1, 0.15) is 5.52 Å². The van der Waals surface area contributed by atoms with E-state index in [1.54, 1.807) is 11.3 Å². The van der Waals surface area contributed by atoms with Crippen LogP contribution < -0.4 is 5.32 Å². The summed E-state index contributed by atoms with van der Waals surface area (Å²) in [6.45, 7) is 3.05. The van der Waals surface area contributed by atoms with E-state index in [9.17, 15) is 0 Å². The zero-order valence-corrected chi connectivity index (χ0v) is 14.1. The van der Waals surface area contributed by atoms with Gasteiger partial charge in [0.15, 0.2) is 11.5 Å². The minimum atomic E-state index is 0.257. The van der Waals surface area contributed by atoms with Gasteiger partial charge in [-0.2, -0.15) is 0 Å². The van der Waals surface area contributed by atoms with Crippen molar-refractivity contribution < 1.29 is 4.42 Å². The monoisotopic (exact) mass is 398 g/mol. The maximum absolute atomic E-state index is 5.82. The van der Waals surface area contributed by atoms with E-state index in [4.69, 9.17) is 4.42 Å². The van der Waals surface area contributed by atoms with Crippen LogP contribution in [0.1, 0.15) is 24.4 Å². The van der Waals surface area contributed by atoms with E-state index in [0.717, 1.165) is 30.0 Å². The van der Waals surface area contributed by atoms with Gasteiger partial charge in [-0.3, -0.25) is 0 Å². The summed E-state index contributed by atoms with van der Waals surface area (Å²) in [6, 6.07) is 10.4. The lowest BCUT2D eigenvalue weighted by molar-refractivity contribution is 0.461. The summed E-state index contributed by atoms with van der Waals surface area (Å²) in [7, 11) is 0. The molecule has 20 heavy (non-hydrogen) atoms. The Morgan fingerprint density at radius 1 is 1.40 bits per heavy atom. The Hall–Kier alpha value is -0.920. The molecule has 3 nitrogen and oxygen atoms in total. The molecule has 5 heteroatoms. The highest BCUT2D eigenvalue weighted by molar-refractivity contribution is 14.1. The van der Waals surface area contributed by atoms with E-state index >= 15 is 0 Å². The van der Waals surface area contributed by atoms with Crippen LogP contribution >= 0.6 is 33.9 Å². The van der Waals surface area contributed by atoms with Crippen LogP contribution in [0.15, 0.2) is 40.1 Å². The van der Waals surface area contributed by atoms with E-state index in [1.165, 1.54) is 8.45 Å². The molecule has 1 atom stereocenters. The second kappa shape index (κ2) is 6.24. The van der Waals surface area contributed by atoms with Gasteiger partial charge in [-0.05, 0) is 58.3 Å². The van der Waals surface area contributed by atoms with Gasteiger partial charge in [0, 0.05) is 12.5 Å². The fraction of sp³-hybridized carbons (Fsp3) is 0.267. The fourth-order valence-corrected chi connectivity index (χ4v) is 3.67. The molecule has 0 aliphatic carbocycles. The second-order valence-electron chi connectivity index (χ2n) is 4.57. The zero-order valence-electron chi connectivity index (χ0n) is 11.1. The van der Waals surface area contributed by atoms with Gasteiger partial charge < -0.3 is 9.73 Å². The number of likely N-dealkylation sites (N-methyl/N-ethyl adjacent to an activating group) is 1. The van der Waals surface area contributed by atoms with Crippen LogP contribution in [-0.4, -0.2) is 11.5 Å². The van der Waals surface area contributed by atoms with Gasteiger partial charge in [-0.25, -0.2) is 4.98 Å². The van der Waals surface area contributed by atoms with Gasteiger partial charge in [0.2, 0.25) is 0 Å². The van der Waals surface area contributed by atoms with E-state index in [-0.39, 0.29) is 6.04 Å². The number of para-hydroxylation sites is 2. The van der Waals surface area contributed by atoms with Crippen molar-refractivity contribution >= 4 is 45.0 Å². The van der Waals surface area contributed by atoms with Crippen molar-refractivity contribution in [3.63, 3.8) is 0 Å². The summed E-state index contributed by atoms with van der Waals surface area (Å²) in [5.41, 5.74) is 3.10. The number of hydrogen-bond acceptors (Lipinski definition) is 4. The predicted octanol–water partition coefficient (Wildman–Crippen LogP) is 4.39. The highest BCUT2D eigenvalue weighted by atomic mass is 127. The summed E-state index contributed by atoms with van der Waals surface area (Å²) in [5, 5.41) is 5.71. The van der Waals surface area contributed by atoms with Crippen molar-refractivity contribution in [1.29, 1.82) is 0 Å². The first-order valence-corrected chi connectivity index (χ1v) is 8.54. The van der Waals surface area contributed by atoms with E-state index in [2.05, 4.69) is 51.3 Å². The number of nitrogens with one attached hydrogen (secondary N) is 1. The first-order chi connectivity index (χ1) is 9.76. The number of oxazole rings is 1. The van der Waals surface area contributed by atoms with E-state index < -0.39 is 0 Å². The molecule has 0 saturated carbocycles. The van der Waals surface area contributed by atoms with E-state index in [1.807, 2.05) is 24.3 Å². The number of benzene rings is 1. The molecular weight excluding hydrogens is 383 g/mol. The molecule has 0 aliphatic rings. The average molecular weight is 398 g/mol. The lowest BCUT2D eigenvalue weighted by atomic mass is 10.1. The minimum absolute atomic E-state index is 0.257. The Morgan fingerprint density at radius 2 is 2.25 bits per heavy atom. The van der Waals surface area contributed by atoms with Crippen molar-refractivity contribution in [2.45, 2.75) is 19.4 Å². The molecule has 0 amide bonds. The first kappa shape index (κ1) is 14.0. The van der Waals surface area contributed by atoms with Gasteiger partial charge in [-0.1, -0.05) is 19.1 Å². The minimum Gasteiger partial charge on any atom is -0.441 e. The molecule has 2 aromatic heterocycles. The van der Waals surface area contributed by atoms with Crippen LogP contribution in [0.2, 0.25) is 0 Å². The molecule has 1 N–H and O–H groups in total. The van der Waals surface area contributed by atoms with Crippen LogP contribution in [0.5, 0.6) is 0 Å². The van der Waals surface area contributed by atoms with Gasteiger partial charge in [-0.15, -0.1) is 11.3 Å². The smallest absolute Gasteiger partial charge is 0.197 e. The standard InChI is InChI=1S/C15H15IN2OS/c1-2-17-12(10-7-14(16)20-9-10)8-15-18-11-5-3-4-6-13(11)19-15/h3-7,9,12,17H,2,8H2,1H3. The number of rotatable bonds is 5. The summed E-state index contributed by atoms with van der Waals surface area (Å²) in [5.74, 6) is 0.790. The quantitative estimate of drug-likeness (QED) is 0.648. The Labute approximate surface area is 135 Å². The summed E-state index contributed by atoms with van der Waals surface area (Å²) >= 11 is 4.13. The van der Waals surface area contributed by atoms with Crippen molar-refractivity contribution in [3.8, 4) is 0 Å². The number of thiophene rings is 1. The normalized spacial score (nSPS) is 12.9. The molecule has 2 heterocycles. The highest BCUT2D eigenvalue weighted by Gasteiger charge is 2.16. The summed E-state index contributed by atoms with van der Waals surface area (Å²) in [6.07, 6.45) is 0.773. The number of hydrogen-bond donors (Lipinski definition) is 1. The third-order valence-corrected chi connectivity index (χ3v) is 4.96. The van der Waals surface area contributed by atoms with Crippen LogP contribution in [0, 0.1) is 2.88 Å². The van der Waals surface area contributed by atoms with Gasteiger partial charge in [0.05, 0.1) is 2.88 Å². The summed E-state index contributed by atoms with van der Waals surface area (Å²) in [4.78, 5) is 4.56. The molecule has 0 bridgehead atoms. The topological polar surface area (TPSA) is 38.1 Å². The number of aromatic nitrogens is 1. The molecule has 3 rings (SSSR count). The number of nitrogens with zero attached hydrogens (tertiary/aromatic N) is 1. The summed E-state index contributed by atoms with van der Waals surface area (Å²) < 4.78 is 7.13. The number of fused-ring (bicyclic) bond motifs is 1. The Morgan fingerprint density at radius 3 is 2.95 bits per heavy atom. The molecule has 0 radical (unpaired) electrons. The van der Waals surface area contributed by atoms with Crippen LogP contribution in [0.25, 0.3) is 11.1 Å². The largest absolute Gasteiger partial charge is 0.441 e. The van der Waals surface area contributed by atoms with Crippen molar-refractivity contribution in [2.24, 2.45) is 0 Å². The molecule has 0 aliphatic heterocycles. The number of halogens is 1. The molecule has 1 aromatic carbocycles. The lowest BCUT2D eigenvalue weighted by Crippen LogP contribution is -2.22. The maximum atomic E-state index is 5.82. The first-order valence-electron chi connectivity index (χ1n) is 6.58. The Bertz CT molecular complexity index is 674. The van der Waals surface area contributed by atoms with Gasteiger partial charge in [0.25, 0.3) is 0 Å². The zero-order chi connectivity index (χ0) is 13.9. The van der Waals surface area contributed by atoms with E-state index in [0.29, 0.717) is 0 Å². The molecule has 0 spiro atoms. The average Bonchev–Trinajstić information content (AvgIpc) is 3.03. The van der Waals surface area contributed by atoms with Crippen molar-refractivity contribution in [1.82, 2.24) is 10.3 Å². The lowest BCUT2D eigenvalue weighted by Gasteiger charge is -2.14. The highest BCUT2D eigenvalue weighted by Crippen LogP contribution is 2.26. The molecule has 0 saturated heterocycles. The molecule has 3 aromatic rings. The molecule has 0 fully saturated rings. The van der Waals surface area contributed by atoms with Crippen molar-refractivity contribution in [3.05, 3.63) is 50.0 Å². The second-order valence-corrected chi connectivity index (χ2v) is 7.38. The maximum Gasteiger partial charge on any atom is 0.197 e. The third kappa shape index (κ3) is 3.05. The third-order valence-electron chi connectivity index (χ3n) is 3.16. The van der Waals surface area contributed by atoms with Crippen molar-refractivity contribution in [2.75, 3.05) is 6.54 Å². The molecular formula is C15H15IN2OS.